The molecule has 7 heteroatoms. The Bertz CT molecular complexity index is 1140. The summed E-state index contributed by atoms with van der Waals surface area (Å²) in [6.07, 6.45) is 0.589. The number of esters is 1. The average Bonchev–Trinajstić information content (AvgIpc) is 3.19. The first-order chi connectivity index (χ1) is 15.5. The molecule has 0 unspecified atom stereocenters. The number of nitrogens with zero attached hydrogens (tertiary/aromatic N) is 3. The van der Waals surface area contributed by atoms with E-state index >= 15 is 0 Å². The van der Waals surface area contributed by atoms with Crippen LogP contribution < -0.4 is 4.74 Å². The highest BCUT2D eigenvalue weighted by atomic mass is 16.5. The summed E-state index contributed by atoms with van der Waals surface area (Å²) in [6, 6.07) is 15.5. The number of carbonyl (C=O) groups excluding carboxylic acids is 2. The van der Waals surface area contributed by atoms with Gasteiger partial charge in [-0.3, -0.25) is 4.79 Å². The molecule has 0 spiro atoms. The molecule has 7 nitrogen and oxygen atoms in total. The van der Waals surface area contributed by atoms with Gasteiger partial charge in [-0.2, -0.15) is 5.10 Å². The fourth-order valence-electron chi connectivity index (χ4n) is 3.89. The molecule has 0 N–H and O–H groups in total. The maximum Gasteiger partial charge on any atom is 0.359 e. The lowest BCUT2D eigenvalue weighted by molar-refractivity contribution is -0.134. The van der Waals surface area contributed by atoms with Crippen molar-refractivity contribution in [1.29, 1.82) is 0 Å². The van der Waals surface area contributed by atoms with Crippen LogP contribution in [0.5, 0.6) is 5.75 Å². The molecule has 1 aliphatic rings. The summed E-state index contributed by atoms with van der Waals surface area (Å²) < 4.78 is 12.8. The van der Waals surface area contributed by atoms with Gasteiger partial charge < -0.3 is 14.4 Å². The van der Waals surface area contributed by atoms with Gasteiger partial charge in [-0.25, -0.2) is 9.48 Å². The van der Waals surface area contributed by atoms with Gasteiger partial charge in [0.15, 0.2) is 12.3 Å². The molecular formula is C25H27N3O4. The lowest BCUT2D eigenvalue weighted by Gasteiger charge is -2.28. The molecule has 0 aliphatic carbocycles. The predicted molar refractivity (Wildman–Crippen MR) is 120 cm³/mol. The Hall–Kier alpha value is -3.61. The van der Waals surface area contributed by atoms with E-state index in [1.54, 1.807) is 16.5 Å². The third kappa shape index (κ3) is 4.23. The van der Waals surface area contributed by atoms with Crippen LogP contribution in [-0.4, -0.2) is 46.3 Å². The van der Waals surface area contributed by atoms with E-state index < -0.39 is 5.97 Å². The molecule has 2 aromatic carbocycles. The summed E-state index contributed by atoms with van der Waals surface area (Å²) in [5.41, 5.74) is 4.94. The van der Waals surface area contributed by atoms with Gasteiger partial charge in [0.05, 0.1) is 24.5 Å². The van der Waals surface area contributed by atoms with Crippen molar-refractivity contribution in [3.8, 4) is 11.4 Å². The number of aryl methyl sites for hydroxylation is 1. The second-order valence-electron chi connectivity index (χ2n) is 7.79. The first-order valence-electron chi connectivity index (χ1n) is 10.8. The molecule has 3 aromatic rings. The zero-order valence-electron chi connectivity index (χ0n) is 18.6. The largest absolute Gasteiger partial charge is 0.483 e. The van der Waals surface area contributed by atoms with Crippen molar-refractivity contribution in [3.63, 3.8) is 0 Å². The van der Waals surface area contributed by atoms with E-state index in [1.807, 2.05) is 62.4 Å². The first-order valence-corrected chi connectivity index (χ1v) is 10.8. The van der Waals surface area contributed by atoms with Crippen LogP contribution in [0.2, 0.25) is 0 Å². The van der Waals surface area contributed by atoms with Gasteiger partial charge in [0.2, 0.25) is 0 Å². The standard InChI is InChI=1S/C25H27N3O4/c1-4-31-25(30)24-20-15-27(23(29)16-32-22-12-8-9-17(2)18(22)3)14-13-21(20)28(26-24)19-10-6-5-7-11-19/h5-12H,4,13-16H2,1-3H3. The number of amides is 1. The van der Waals surface area contributed by atoms with Gasteiger partial charge in [-0.05, 0) is 50.1 Å². The number of hydrogen-bond acceptors (Lipinski definition) is 5. The lowest BCUT2D eigenvalue weighted by atomic mass is 10.0. The van der Waals surface area contributed by atoms with E-state index in [-0.39, 0.29) is 24.8 Å². The van der Waals surface area contributed by atoms with E-state index in [1.165, 1.54) is 0 Å². The number of aromatic nitrogens is 2. The molecule has 0 saturated carbocycles. The van der Waals surface area contributed by atoms with Crippen molar-refractivity contribution >= 4 is 11.9 Å². The Labute approximate surface area is 187 Å². The van der Waals surface area contributed by atoms with Gasteiger partial charge in [0.25, 0.3) is 5.91 Å². The Balaban J connectivity index is 1.56. The second kappa shape index (κ2) is 9.26. The number of benzene rings is 2. The van der Waals surface area contributed by atoms with Crippen molar-refractivity contribution in [2.24, 2.45) is 0 Å². The number of rotatable bonds is 6. The van der Waals surface area contributed by atoms with Crippen LogP contribution in [0.25, 0.3) is 5.69 Å². The normalized spacial score (nSPS) is 12.9. The minimum absolute atomic E-state index is 0.0544. The van der Waals surface area contributed by atoms with Gasteiger partial charge in [-0.1, -0.05) is 30.3 Å². The van der Waals surface area contributed by atoms with E-state index in [9.17, 15) is 9.59 Å². The minimum atomic E-state index is -0.473. The minimum Gasteiger partial charge on any atom is -0.483 e. The van der Waals surface area contributed by atoms with Crippen LogP contribution in [0.15, 0.2) is 48.5 Å². The molecule has 4 rings (SSSR count). The monoisotopic (exact) mass is 433 g/mol. The number of ether oxygens (including phenoxy) is 2. The molecule has 32 heavy (non-hydrogen) atoms. The zero-order valence-corrected chi connectivity index (χ0v) is 18.6. The summed E-state index contributed by atoms with van der Waals surface area (Å²) in [5.74, 6) is 0.110. The van der Waals surface area contributed by atoms with E-state index in [4.69, 9.17) is 9.47 Å². The van der Waals surface area contributed by atoms with Crippen LogP contribution in [0.4, 0.5) is 0 Å². The predicted octanol–water partition coefficient (Wildman–Crippen LogP) is 3.63. The highest BCUT2D eigenvalue weighted by Crippen LogP contribution is 2.27. The van der Waals surface area contributed by atoms with Crippen molar-refractivity contribution in [1.82, 2.24) is 14.7 Å². The van der Waals surface area contributed by atoms with E-state index in [0.717, 1.165) is 28.1 Å². The number of carbonyl (C=O) groups is 2. The zero-order chi connectivity index (χ0) is 22.7. The number of fused-ring (bicyclic) bond motifs is 1. The lowest BCUT2D eigenvalue weighted by Crippen LogP contribution is -2.39. The Kier molecular flexibility index (Phi) is 6.25. The Morgan fingerprint density at radius 3 is 2.59 bits per heavy atom. The molecule has 1 aliphatic heterocycles. The van der Waals surface area contributed by atoms with Crippen molar-refractivity contribution in [3.05, 3.63) is 76.6 Å². The second-order valence-corrected chi connectivity index (χ2v) is 7.79. The SMILES string of the molecule is CCOC(=O)c1nn(-c2ccccc2)c2c1CN(C(=O)COc1cccc(C)c1C)CC2. The van der Waals surface area contributed by atoms with Gasteiger partial charge >= 0.3 is 5.97 Å². The van der Waals surface area contributed by atoms with Crippen LogP contribution in [0, 0.1) is 13.8 Å². The van der Waals surface area contributed by atoms with Crippen molar-refractivity contribution in [2.45, 2.75) is 33.7 Å². The first kappa shape index (κ1) is 21.6. The van der Waals surface area contributed by atoms with Crippen LogP contribution in [0.1, 0.15) is 39.8 Å². The summed E-state index contributed by atoms with van der Waals surface area (Å²) >= 11 is 0. The Morgan fingerprint density at radius 1 is 1.06 bits per heavy atom. The number of hydrogen-bond donors (Lipinski definition) is 0. The molecule has 2 heterocycles. The smallest absolute Gasteiger partial charge is 0.359 e. The van der Waals surface area contributed by atoms with E-state index in [2.05, 4.69) is 5.10 Å². The summed E-state index contributed by atoms with van der Waals surface area (Å²) in [6.45, 7) is 6.79. The van der Waals surface area contributed by atoms with Gasteiger partial charge in [-0.15, -0.1) is 0 Å². The fraction of sp³-hybridized carbons (Fsp3) is 0.320. The van der Waals surface area contributed by atoms with Gasteiger partial charge in [0, 0.05) is 18.5 Å². The Morgan fingerprint density at radius 2 is 1.84 bits per heavy atom. The van der Waals surface area contributed by atoms with Crippen LogP contribution in [-0.2, 0) is 22.5 Å². The molecule has 0 atom stereocenters. The quantitative estimate of drug-likeness (QED) is 0.555. The van der Waals surface area contributed by atoms with Gasteiger partial charge in [0.1, 0.15) is 5.75 Å². The summed E-state index contributed by atoms with van der Waals surface area (Å²) in [4.78, 5) is 27.2. The van der Waals surface area contributed by atoms with E-state index in [0.29, 0.717) is 25.3 Å². The van der Waals surface area contributed by atoms with Crippen molar-refractivity contribution in [2.75, 3.05) is 19.8 Å². The number of para-hydroxylation sites is 1. The third-order valence-electron chi connectivity index (χ3n) is 5.79. The molecule has 0 bridgehead atoms. The van der Waals surface area contributed by atoms with Crippen LogP contribution >= 0.6 is 0 Å². The highest BCUT2D eigenvalue weighted by molar-refractivity contribution is 5.90. The molecular weight excluding hydrogens is 406 g/mol. The third-order valence-corrected chi connectivity index (χ3v) is 5.79. The molecule has 1 amide bonds. The molecule has 0 saturated heterocycles. The highest BCUT2D eigenvalue weighted by Gasteiger charge is 2.31. The summed E-state index contributed by atoms with van der Waals surface area (Å²) in [7, 11) is 0. The van der Waals surface area contributed by atoms with Crippen molar-refractivity contribution < 1.29 is 19.1 Å². The maximum atomic E-state index is 12.9. The van der Waals surface area contributed by atoms with Crippen LogP contribution in [0.3, 0.4) is 0 Å². The average molecular weight is 434 g/mol. The summed E-state index contributed by atoms with van der Waals surface area (Å²) in [5, 5.41) is 4.56. The molecule has 166 valence electrons. The fourth-order valence-corrected chi connectivity index (χ4v) is 3.89. The molecule has 0 fully saturated rings. The molecule has 0 radical (unpaired) electrons. The maximum absolute atomic E-state index is 12.9. The molecule has 1 aromatic heterocycles. The topological polar surface area (TPSA) is 73.7 Å².